The molecule has 1 heterocycles. The number of hydrogen-bond donors (Lipinski definition) is 1. The average Bonchev–Trinajstić information content (AvgIpc) is 2.79. The van der Waals surface area contributed by atoms with Gasteiger partial charge in [0, 0.05) is 19.5 Å². The van der Waals surface area contributed by atoms with E-state index >= 15 is 0 Å². The van der Waals surface area contributed by atoms with Crippen LogP contribution in [0.5, 0.6) is 0 Å². The summed E-state index contributed by atoms with van der Waals surface area (Å²) >= 11 is 9.08. The van der Waals surface area contributed by atoms with Gasteiger partial charge in [-0.2, -0.15) is 88.4 Å². The van der Waals surface area contributed by atoms with Crippen LogP contribution in [-0.2, 0) is 12.6 Å². The molecule has 0 saturated heterocycles. The standard InChI is InChI=1S/C17H11F19N4S2.Na/c1-2-4-40(6-37-7(41)39-8(42)38-6)5-3-9(18,19)10(20,21)11(22,23)12(24,25)13(26,27)14(28,29)15(30,31)16(32,33)17(34,35)36;/h2H,1,3-5H2,(H2,37,38,39,41,42);/q;+1/p-1. The summed E-state index contributed by atoms with van der Waals surface area (Å²) in [6, 6.07) is 0. The molecule has 0 aliphatic rings. The van der Waals surface area contributed by atoms with E-state index in [1.165, 1.54) is 0 Å². The molecule has 43 heavy (non-hydrogen) atoms. The number of nitrogens with zero attached hydrogens (tertiary/aromatic N) is 3. The van der Waals surface area contributed by atoms with E-state index in [1.54, 1.807) is 0 Å². The Labute approximate surface area is 258 Å². The number of hydrogen-bond acceptors (Lipinski definition) is 5. The summed E-state index contributed by atoms with van der Waals surface area (Å²) in [5.74, 6) is -67.7. The van der Waals surface area contributed by atoms with Gasteiger partial charge in [-0.15, -0.1) is 6.58 Å². The second kappa shape index (κ2) is 12.5. The van der Waals surface area contributed by atoms with Crippen molar-refractivity contribution in [1.82, 2.24) is 15.0 Å². The molecule has 244 valence electrons. The largest absolute Gasteiger partial charge is 1.00 e. The van der Waals surface area contributed by atoms with E-state index < -0.39 is 88.9 Å². The molecular weight excluding hydrogens is 708 g/mol. The summed E-state index contributed by atoms with van der Waals surface area (Å²) in [6.45, 7) is 0.684. The monoisotopic (exact) mass is 718 g/mol. The van der Waals surface area contributed by atoms with Crippen LogP contribution in [0.25, 0.3) is 0 Å². The van der Waals surface area contributed by atoms with Gasteiger partial charge in [-0.05, 0) is 17.4 Å². The normalized spacial score (nSPS) is 14.8. The predicted octanol–water partition coefficient (Wildman–Crippen LogP) is 4.47. The van der Waals surface area contributed by atoms with E-state index in [0.717, 1.165) is 6.08 Å². The number of H-pyrrole nitrogens is 1. The minimum atomic E-state index is -8.97. The Morgan fingerprint density at radius 3 is 1.40 bits per heavy atom. The number of rotatable bonds is 13. The fourth-order valence-corrected chi connectivity index (χ4v) is 3.18. The molecule has 1 rings (SSSR count). The van der Waals surface area contributed by atoms with Gasteiger partial charge >= 0.3 is 83.1 Å². The van der Waals surface area contributed by atoms with Crippen molar-refractivity contribution in [3.8, 4) is 0 Å². The van der Waals surface area contributed by atoms with Crippen molar-refractivity contribution in [2.75, 3.05) is 18.0 Å². The minimum absolute atomic E-state index is 0. The molecule has 0 aromatic carbocycles. The molecule has 0 fully saturated rings. The molecular formula is C17H10F19N4NaS2. The summed E-state index contributed by atoms with van der Waals surface area (Å²) in [6.07, 6.45) is -9.90. The molecule has 0 aliphatic heterocycles. The van der Waals surface area contributed by atoms with E-state index in [-0.39, 0.29) is 29.6 Å². The molecule has 1 aromatic rings. The zero-order chi connectivity index (χ0) is 33.8. The van der Waals surface area contributed by atoms with Crippen LogP contribution in [-0.4, -0.2) is 81.6 Å². The molecule has 26 heteroatoms. The Morgan fingerprint density at radius 2 is 1.05 bits per heavy atom. The Bertz CT molecular complexity index is 1200. The zero-order valence-corrected chi connectivity index (χ0v) is 23.9. The molecule has 0 radical (unpaired) electrons. The van der Waals surface area contributed by atoms with Gasteiger partial charge in [-0.3, -0.25) is 0 Å². The Hall–Kier alpha value is -1.34. The summed E-state index contributed by atoms with van der Waals surface area (Å²) < 4.78 is 255. The van der Waals surface area contributed by atoms with Crippen LogP contribution in [0.15, 0.2) is 17.8 Å². The van der Waals surface area contributed by atoms with Crippen LogP contribution in [0.2, 0.25) is 0 Å². The van der Waals surface area contributed by atoms with Gasteiger partial charge in [-0.25, -0.2) is 4.98 Å². The van der Waals surface area contributed by atoms with Crippen molar-refractivity contribution < 1.29 is 113 Å². The van der Waals surface area contributed by atoms with Gasteiger partial charge in [0.05, 0.1) is 0 Å². The second-order valence-electron chi connectivity index (χ2n) is 7.97. The van der Waals surface area contributed by atoms with E-state index in [2.05, 4.69) is 41.4 Å². The number of aromatic amines is 1. The van der Waals surface area contributed by atoms with Crippen LogP contribution in [0.3, 0.4) is 0 Å². The summed E-state index contributed by atoms with van der Waals surface area (Å²) in [7, 11) is 0. The van der Waals surface area contributed by atoms with Crippen molar-refractivity contribution >= 4 is 30.8 Å². The Kier molecular flexibility index (Phi) is 12.1. The topological polar surface area (TPSA) is 44.8 Å². The maximum Gasteiger partial charge on any atom is 1.00 e. The maximum absolute atomic E-state index is 14.2. The van der Waals surface area contributed by atoms with E-state index in [4.69, 9.17) is 0 Å². The van der Waals surface area contributed by atoms with Crippen LogP contribution in [0, 0.1) is 4.77 Å². The minimum Gasteiger partial charge on any atom is -0.742 e. The van der Waals surface area contributed by atoms with E-state index in [1.807, 2.05) is 4.98 Å². The van der Waals surface area contributed by atoms with Crippen molar-refractivity contribution in [2.45, 2.75) is 65.1 Å². The molecule has 0 bridgehead atoms. The average molecular weight is 718 g/mol. The molecule has 0 saturated carbocycles. The van der Waals surface area contributed by atoms with Gasteiger partial charge in [0.15, 0.2) is 0 Å². The first kappa shape index (κ1) is 41.7. The molecule has 4 nitrogen and oxygen atoms in total. The number of alkyl halides is 19. The van der Waals surface area contributed by atoms with Crippen LogP contribution >= 0.6 is 12.2 Å². The summed E-state index contributed by atoms with van der Waals surface area (Å²) in [4.78, 5) is 9.15. The molecule has 1 N–H and O–H groups in total. The molecule has 0 atom stereocenters. The van der Waals surface area contributed by atoms with Crippen LogP contribution in [0.1, 0.15) is 6.42 Å². The van der Waals surface area contributed by atoms with Crippen molar-refractivity contribution in [3.05, 3.63) is 17.4 Å². The molecule has 0 aliphatic carbocycles. The first-order valence-electron chi connectivity index (χ1n) is 9.92. The first-order valence-corrected chi connectivity index (χ1v) is 10.7. The van der Waals surface area contributed by atoms with Gasteiger partial charge in [0.25, 0.3) is 0 Å². The summed E-state index contributed by atoms with van der Waals surface area (Å²) in [5.41, 5.74) is 0. The third-order valence-electron chi connectivity index (χ3n) is 5.14. The number of aromatic nitrogens is 3. The van der Waals surface area contributed by atoms with Crippen molar-refractivity contribution in [2.24, 2.45) is 0 Å². The molecule has 0 unspecified atom stereocenters. The number of halogens is 19. The molecule has 0 spiro atoms. The fraction of sp³-hybridized carbons (Fsp3) is 0.706. The number of anilines is 1. The van der Waals surface area contributed by atoms with Crippen molar-refractivity contribution in [3.63, 3.8) is 0 Å². The Morgan fingerprint density at radius 1 is 0.674 bits per heavy atom. The van der Waals surface area contributed by atoms with Crippen LogP contribution < -0.4 is 34.5 Å². The van der Waals surface area contributed by atoms with Crippen molar-refractivity contribution in [1.29, 1.82) is 0 Å². The third-order valence-corrected chi connectivity index (χ3v) is 5.52. The van der Waals surface area contributed by atoms with Gasteiger partial charge in [0.1, 0.15) is 0 Å². The third kappa shape index (κ3) is 6.64. The predicted molar refractivity (Wildman–Crippen MR) is 106 cm³/mol. The second-order valence-corrected chi connectivity index (χ2v) is 8.72. The fourth-order valence-electron chi connectivity index (χ4n) is 2.77. The van der Waals surface area contributed by atoms with Gasteiger partial charge < -0.3 is 22.5 Å². The molecule has 0 amide bonds. The Balaban J connectivity index is 0.0000176. The number of nitrogens with one attached hydrogen (secondary N) is 1. The van der Waals surface area contributed by atoms with E-state index in [0.29, 0.717) is 4.90 Å². The smallest absolute Gasteiger partial charge is 0.742 e. The van der Waals surface area contributed by atoms with Gasteiger partial charge in [0.2, 0.25) is 10.7 Å². The summed E-state index contributed by atoms with van der Waals surface area (Å²) in [5, 5.41) is -0.529. The van der Waals surface area contributed by atoms with E-state index in [9.17, 15) is 83.4 Å². The maximum atomic E-state index is 14.2. The van der Waals surface area contributed by atoms with Gasteiger partial charge in [-0.1, -0.05) is 6.08 Å². The quantitative estimate of drug-likeness (QED) is 0.107. The van der Waals surface area contributed by atoms with Crippen LogP contribution in [0.4, 0.5) is 89.4 Å². The SMILES string of the molecule is C=CCN(CCC(F)(F)C(F)(F)C(F)(F)C(F)(F)C(F)(F)C(F)(F)C(F)(F)C(F)(F)C(F)(F)F)c1nc(=S)nc([S-])[nH]1.[Na+]. The zero-order valence-electron chi connectivity index (χ0n) is 20.2. The first-order chi connectivity index (χ1) is 18.3. The molecule has 1 aromatic heterocycles.